The fraction of sp³-hybridized carbons (Fsp3) is 1.00. The minimum Gasteiger partial charge on any atom is -0.271 e. The fourth-order valence-corrected chi connectivity index (χ4v) is 5.17. The van der Waals surface area contributed by atoms with Gasteiger partial charge in [-0.05, 0) is 55.3 Å². The second-order valence-electron chi connectivity index (χ2n) is 7.08. The summed E-state index contributed by atoms with van der Waals surface area (Å²) in [6.07, 6.45) is 13.0. The van der Waals surface area contributed by atoms with Crippen LogP contribution in [0.25, 0.3) is 0 Å². The first-order chi connectivity index (χ1) is 8.85. The van der Waals surface area contributed by atoms with Crippen LogP contribution in [0.4, 0.5) is 0 Å². The molecule has 0 aromatic carbocycles. The lowest BCUT2D eigenvalue weighted by molar-refractivity contribution is 0.189. The Morgan fingerprint density at radius 1 is 1.06 bits per heavy atom. The highest BCUT2D eigenvalue weighted by Gasteiger charge is 2.55. The summed E-state index contributed by atoms with van der Waals surface area (Å²) in [4.78, 5) is 0. The smallest absolute Gasteiger partial charge is 0.0272 e. The van der Waals surface area contributed by atoms with Crippen LogP contribution < -0.4 is 11.3 Å². The van der Waals surface area contributed by atoms with Gasteiger partial charge in [-0.3, -0.25) is 11.3 Å². The molecule has 2 heteroatoms. The Morgan fingerprint density at radius 3 is 2.39 bits per heavy atom. The van der Waals surface area contributed by atoms with E-state index < -0.39 is 0 Å². The van der Waals surface area contributed by atoms with E-state index in [1.54, 1.807) is 0 Å². The lowest BCUT2D eigenvalue weighted by Gasteiger charge is -2.34. The first-order valence-electron chi connectivity index (χ1n) is 8.31. The van der Waals surface area contributed by atoms with Gasteiger partial charge in [0.25, 0.3) is 0 Å². The monoisotopic (exact) mass is 250 g/mol. The lowest BCUT2D eigenvalue weighted by atomic mass is 9.75. The number of nitrogens with two attached hydrogens (primary N) is 1. The first kappa shape index (κ1) is 12.9. The molecule has 3 aliphatic carbocycles. The zero-order valence-corrected chi connectivity index (χ0v) is 11.9. The van der Waals surface area contributed by atoms with Gasteiger partial charge in [-0.2, -0.15) is 0 Å². The molecule has 3 rings (SSSR count). The maximum atomic E-state index is 5.94. The number of nitrogens with one attached hydrogen (secondary N) is 1. The number of rotatable bonds is 4. The highest BCUT2D eigenvalue weighted by Crippen LogP contribution is 2.58. The van der Waals surface area contributed by atoms with Crippen LogP contribution in [0.2, 0.25) is 0 Å². The normalized spacial score (nSPS) is 45.3. The van der Waals surface area contributed by atoms with Crippen molar-refractivity contribution in [1.29, 1.82) is 0 Å². The van der Waals surface area contributed by atoms with E-state index in [9.17, 15) is 0 Å². The van der Waals surface area contributed by atoms with Crippen LogP contribution in [0, 0.1) is 29.6 Å². The van der Waals surface area contributed by atoms with Crippen molar-refractivity contribution in [3.05, 3.63) is 0 Å². The molecule has 0 spiro atoms. The van der Waals surface area contributed by atoms with Crippen LogP contribution >= 0.6 is 0 Å². The first-order valence-corrected chi connectivity index (χ1v) is 8.31. The zero-order valence-electron chi connectivity index (χ0n) is 11.9. The van der Waals surface area contributed by atoms with Crippen molar-refractivity contribution >= 4 is 0 Å². The van der Waals surface area contributed by atoms with Crippen molar-refractivity contribution in [1.82, 2.24) is 5.43 Å². The highest BCUT2D eigenvalue weighted by atomic mass is 15.2. The molecule has 0 amide bonds. The third-order valence-corrected chi connectivity index (χ3v) is 6.24. The molecule has 0 heterocycles. The standard InChI is InChI=1S/C16H30N2/c1-2-11-6-5-7-12(10-11)16(18-17)15-13-8-3-4-9-14(13)15/h11-16,18H,2-10,17H2,1H3. The lowest BCUT2D eigenvalue weighted by Crippen LogP contribution is -2.44. The molecule has 18 heavy (non-hydrogen) atoms. The van der Waals surface area contributed by atoms with Gasteiger partial charge in [0.05, 0.1) is 0 Å². The average molecular weight is 250 g/mol. The molecule has 0 radical (unpaired) electrons. The minimum atomic E-state index is 0.632. The van der Waals surface area contributed by atoms with Crippen LogP contribution in [0.1, 0.15) is 64.7 Å². The van der Waals surface area contributed by atoms with Gasteiger partial charge in [-0.25, -0.2) is 0 Å². The number of hydrogen-bond donors (Lipinski definition) is 2. The van der Waals surface area contributed by atoms with Crippen LogP contribution in [0.5, 0.6) is 0 Å². The van der Waals surface area contributed by atoms with Crippen LogP contribution in [0.15, 0.2) is 0 Å². The van der Waals surface area contributed by atoms with Crippen molar-refractivity contribution in [2.45, 2.75) is 70.8 Å². The molecule has 0 aromatic rings. The van der Waals surface area contributed by atoms with E-state index in [0.29, 0.717) is 6.04 Å². The number of fused-ring (bicyclic) bond motifs is 1. The maximum absolute atomic E-state index is 5.94. The molecule has 104 valence electrons. The quantitative estimate of drug-likeness (QED) is 0.592. The summed E-state index contributed by atoms with van der Waals surface area (Å²) in [6, 6.07) is 0.632. The van der Waals surface area contributed by atoms with E-state index in [-0.39, 0.29) is 0 Å². The molecule has 5 unspecified atom stereocenters. The SMILES string of the molecule is CCC1CCCC(C(NN)C2C3CCCCC32)C1. The van der Waals surface area contributed by atoms with Gasteiger partial charge < -0.3 is 0 Å². The number of hydrazine groups is 1. The molecule has 2 nitrogen and oxygen atoms in total. The molecule has 0 saturated heterocycles. The van der Waals surface area contributed by atoms with Crippen LogP contribution in [0.3, 0.4) is 0 Å². The summed E-state index contributed by atoms with van der Waals surface area (Å²) in [5, 5.41) is 0. The van der Waals surface area contributed by atoms with E-state index in [1.165, 1.54) is 57.8 Å². The Kier molecular flexibility index (Phi) is 3.95. The summed E-state index contributed by atoms with van der Waals surface area (Å²) in [5.74, 6) is 10.8. The molecule has 0 aliphatic heterocycles. The molecular formula is C16H30N2. The number of hydrogen-bond acceptors (Lipinski definition) is 2. The second kappa shape index (κ2) is 5.50. The van der Waals surface area contributed by atoms with Crippen molar-refractivity contribution < 1.29 is 0 Å². The topological polar surface area (TPSA) is 38.0 Å². The third kappa shape index (κ3) is 2.34. The molecule has 0 bridgehead atoms. The molecule has 3 aliphatic rings. The van der Waals surface area contributed by atoms with E-state index in [4.69, 9.17) is 5.84 Å². The van der Waals surface area contributed by atoms with Gasteiger partial charge in [0, 0.05) is 6.04 Å². The predicted octanol–water partition coefficient (Wildman–Crippen LogP) is 3.47. The minimum absolute atomic E-state index is 0.632. The van der Waals surface area contributed by atoms with Gasteiger partial charge in [-0.15, -0.1) is 0 Å². The summed E-state index contributed by atoms with van der Waals surface area (Å²) in [5.41, 5.74) is 3.23. The van der Waals surface area contributed by atoms with Crippen molar-refractivity contribution in [2.75, 3.05) is 0 Å². The van der Waals surface area contributed by atoms with E-state index in [0.717, 1.165) is 29.6 Å². The molecular weight excluding hydrogens is 220 g/mol. The average Bonchev–Trinajstić information content (AvgIpc) is 3.15. The summed E-state index contributed by atoms with van der Waals surface area (Å²) in [6.45, 7) is 2.36. The van der Waals surface area contributed by atoms with E-state index >= 15 is 0 Å². The van der Waals surface area contributed by atoms with Crippen LogP contribution in [-0.4, -0.2) is 6.04 Å². The predicted molar refractivity (Wildman–Crippen MR) is 75.8 cm³/mol. The van der Waals surface area contributed by atoms with Gasteiger partial charge >= 0.3 is 0 Å². The highest BCUT2D eigenvalue weighted by molar-refractivity contribution is 5.06. The molecule has 5 atom stereocenters. The Balaban J connectivity index is 1.62. The van der Waals surface area contributed by atoms with Gasteiger partial charge in [0.2, 0.25) is 0 Å². The van der Waals surface area contributed by atoms with Crippen molar-refractivity contribution in [3.8, 4) is 0 Å². The van der Waals surface area contributed by atoms with E-state index in [1.807, 2.05) is 0 Å². The second-order valence-corrected chi connectivity index (χ2v) is 7.08. The zero-order chi connectivity index (χ0) is 12.5. The Hall–Kier alpha value is -0.0800. The van der Waals surface area contributed by atoms with E-state index in [2.05, 4.69) is 12.3 Å². The third-order valence-electron chi connectivity index (χ3n) is 6.24. The maximum Gasteiger partial charge on any atom is 0.0272 e. The molecule has 3 N–H and O–H groups in total. The fourth-order valence-electron chi connectivity index (χ4n) is 5.17. The van der Waals surface area contributed by atoms with Crippen LogP contribution in [-0.2, 0) is 0 Å². The Morgan fingerprint density at radius 2 is 1.78 bits per heavy atom. The Bertz CT molecular complexity index is 266. The van der Waals surface area contributed by atoms with Gasteiger partial charge in [0.15, 0.2) is 0 Å². The van der Waals surface area contributed by atoms with Crippen molar-refractivity contribution in [3.63, 3.8) is 0 Å². The van der Waals surface area contributed by atoms with Gasteiger partial charge in [0.1, 0.15) is 0 Å². The van der Waals surface area contributed by atoms with Gasteiger partial charge in [-0.1, -0.05) is 39.0 Å². The summed E-state index contributed by atoms with van der Waals surface area (Å²) >= 11 is 0. The molecule has 0 aromatic heterocycles. The van der Waals surface area contributed by atoms with Crippen molar-refractivity contribution in [2.24, 2.45) is 35.4 Å². The molecule has 3 fully saturated rings. The Labute approximate surface area is 112 Å². The summed E-state index contributed by atoms with van der Waals surface area (Å²) < 4.78 is 0. The largest absolute Gasteiger partial charge is 0.271 e. The summed E-state index contributed by atoms with van der Waals surface area (Å²) in [7, 11) is 0. The molecule has 3 saturated carbocycles.